The Morgan fingerprint density at radius 2 is 2.27 bits per heavy atom. The predicted octanol–water partition coefficient (Wildman–Crippen LogP) is 2.82. The van der Waals surface area contributed by atoms with Crippen LogP contribution in [-0.4, -0.2) is 7.05 Å². The molecule has 0 aromatic heterocycles. The van der Waals surface area contributed by atoms with Crippen molar-refractivity contribution >= 4 is 27.5 Å². The molecule has 1 nitrogen and oxygen atoms in total. The predicted molar refractivity (Wildman–Crippen MR) is 51.9 cm³/mol. The summed E-state index contributed by atoms with van der Waals surface area (Å²) in [5.41, 5.74) is 1.11. The molecule has 1 aromatic rings. The third kappa shape index (κ3) is 2.47. The molecule has 0 atom stereocenters. The van der Waals surface area contributed by atoms with E-state index in [1.807, 2.05) is 25.2 Å². The van der Waals surface area contributed by atoms with Crippen LogP contribution >= 0.6 is 27.5 Å². The Bertz CT molecular complexity index is 250. The third-order valence-corrected chi connectivity index (χ3v) is 2.24. The molecule has 0 aliphatic heterocycles. The summed E-state index contributed by atoms with van der Waals surface area (Å²) < 4.78 is 1.06. The first kappa shape index (κ1) is 9.04. The number of benzene rings is 1. The number of rotatable bonds is 2. The molecule has 1 rings (SSSR count). The Kier molecular flexibility index (Phi) is 3.37. The summed E-state index contributed by atoms with van der Waals surface area (Å²) in [7, 11) is 1.90. The first-order chi connectivity index (χ1) is 5.24. The molecule has 60 valence electrons. The molecule has 0 heterocycles. The number of halogens is 2. The molecule has 0 bridgehead atoms. The summed E-state index contributed by atoms with van der Waals surface area (Å²) in [5, 5.41) is 3.85. The van der Waals surface area contributed by atoms with E-state index in [2.05, 4.69) is 21.2 Å². The van der Waals surface area contributed by atoms with Crippen molar-refractivity contribution in [3.8, 4) is 0 Å². The molecule has 0 saturated carbocycles. The first-order valence-corrected chi connectivity index (χ1v) is 4.49. The summed E-state index contributed by atoms with van der Waals surface area (Å²) in [6, 6.07) is 5.83. The summed E-state index contributed by atoms with van der Waals surface area (Å²) >= 11 is 9.29. The van der Waals surface area contributed by atoms with Crippen molar-refractivity contribution < 1.29 is 0 Å². The number of hydrogen-bond acceptors (Lipinski definition) is 1. The average Bonchev–Trinajstić information content (AvgIpc) is 1.98. The van der Waals surface area contributed by atoms with E-state index in [1.54, 1.807) is 0 Å². The lowest BCUT2D eigenvalue weighted by atomic mass is 10.2. The van der Waals surface area contributed by atoms with Gasteiger partial charge in [-0.1, -0.05) is 27.5 Å². The largest absolute Gasteiger partial charge is 0.316 e. The van der Waals surface area contributed by atoms with Crippen molar-refractivity contribution in [2.24, 2.45) is 0 Å². The second-order valence-corrected chi connectivity index (χ2v) is 3.59. The molecule has 3 heteroatoms. The molecule has 0 fully saturated rings. The molecule has 0 spiro atoms. The van der Waals surface area contributed by atoms with Crippen LogP contribution < -0.4 is 5.32 Å². The van der Waals surface area contributed by atoms with Gasteiger partial charge in [-0.05, 0) is 30.8 Å². The van der Waals surface area contributed by atoms with Crippen LogP contribution in [0.25, 0.3) is 0 Å². The molecule has 0 saturated heterocycles. The minimum atomic E-state index is 0.804. The second kappa shape index (κ2) is 4.10. The van der Waals surface area contributed by atoms with E-state index < -0.39 is 0 Å². The molecule has 0 aliphatic carbocycles. The lowest BCUT2D eigenvalue weighted by Gasteiger charge is -2.02. The summed E-state index contributed by atoms with van der Waals surface area (Å²) in [6.45, 7) is 0.804. The van der Waals surface area contributed by atoms with Gasteiger partial charge in [0.2, 0.25) is 0 Å². The van der Waals surface area contributed by atoms with Gasteiger partial charge in [-0.3, -0.25) is 0 Å². The molecular formula is C8H9BrClN. The van der Waals surface area contributed by atoms with Gasteiger partial charge in [0, 0.05) is 16.0 Å². The minimum absolute atomic E-state index is 0.804. The van der Waals surface area contributed by atoms with Gasteiger partial charge >= 0.3 is 0 Å². The van der Waals surface area contributed by atoms with E-state index in [4.69, 9.17) is 11.6 Å². The van der Waals surface area contributed by atoms with Gasteiger partial charge in [-0.15, -0.1) is 0 Å². The number of nitrogens with one attached hydrogen (secondary N) is 1. The minimum Gasteiger partial charge on any atom is -0.316 e. The van der Waals surface area contributed by atoms with E-state index in [1.165, 1.54) is 0 Å². The zero-order valence-corrected chi connectivity index (χ0v) is 8.54. The van der Waals surface area contributed by atoms with Gasteiger partial charge in [0.1, 0.15) is 0 Å². The maximum absolute atomic E-state index is 5.91. The van der Waals surface area contributed by atoms with Crippen LogP contribution in [-0.2, 0) is 6.54 Å². The average molecular weight is 235 g/mol. The Hall–Kier alpha value is -0.0500. The second-order valence-electron chi connectivity index (χ2n) is 2.27. The van der Waals surface area contributed by atoms with Crippen LogP contribution in [0.4, 0.5) is 0 Å². The van der Waals surface area contributed by atoms with Crippen LogP contribution in [0.2, 0.25) is 5.02 Å². The maximum Gasteiger partial charge on any atom is 0.0451 e. The lowest BCUT2D eigenvalue weighted by molar-refractivity contribution is 0.817. The normalized spacial score (nSPS) is 10.1. The molecular weight excluding hydrogens is 225 g/mol. The van der Waals surface area contributed by atoms with Gasteiger partial charge < -0.3 is 5.32 Å². The van der Waals surface area contributed by atoms with Crippen molar-refractivity contribution in [1.29, 1.82) is 0 Å². The van der Waals surface area contributed by atoms with Gasteiger partial charge in [0.25, 0.3) is 0 Å². The Labute approximate surface area is 79.9 Å². The Morgan fingerprint density at radius 3 is 2.91 bits per heavy atom. The van der Waals surface area contributed by atoms with Crippen molar-refractivity contribution in [3.05, 3.63) is 33.3 Å². The summed E-state index contributed by atoms with van der Waals surface area (Å²) in [4.78, 5) is 0. The van der Waals surface area contributed by atoms with Gasteiger partial charge in [0.15, 0.2) is 0 Å². The molecule has 0 amide bonds. The highest BCUT2D eigenvalue weighted by Gasteiger charge is 1.98. The van der Waals surface area contributed by atoms with Crippen molar-refractivity contribution in [2.45, 2.75) is 6.54 Å². The Balaban J connectivity index is 2.93. The monoisotopic (exact) mass is 233 g/mol. The smallest absolute Gasteiger partial charge is 0.0451 e. The number of hydrogen-bond donors (Lipinski definition) is 1. The quantitative estimate of drug-likeness (QED) is 0.830. The highest BCUT2D eigenvalue weighted by Crippen LogP contribution is 2.20. The van der Waals surface area contributed by atoms with Crippen molar-refractivity contribution in [1.82, 2.24) is 5.32 Å². The van der Waals surface area contributed by atoms with Gasteiger partial charge in [0.05, 0.1) is 0 Å². The Morgan fingerprint density at radius 1 is 1.55 bits per heavy atom. The maximum atomic E-state index is 5.91. The standard InChI is InChI=1S/C8H9BrClN/c1-11-5-6-4-7(9)2-3-8(6)10/h2-4,11H,5H2,1H3. The fourth-order valence-corrected chi connectivity index (χ4v) is 1.46. The SMILES string of the molecule is CNCc1cc(Br)ccc1Cl. The molecule has 11 heavy (non-hydrogen) atoms. The van der Waals surface area contributed by atoms with Crippen LogP contribution in [0, 0.1) is 0 Å². The van der Waals surface area contributed by atoms with Crippen LogP contribution in [0.5, 0.6) is 0 Å². The van der Waals surface area contributed by atoms with E-state index in [0.717, 1.165) is 21.6 Å². The van der Waals surface area contributed by atoms with E-state index >= 15 is 0 Å². The molecule has 1 aromatic carbocycles. The van der Waals surface area contributed by atoms with Crippen LogP contribution in [0.1, 0.15) is 5.56 Å². The zero-order chi connectivity index (χ0) is 8.27. The van der Waals surface area contributed by atoms with E-state index in [9.17, 15) is 0 Å². The third-order valence-electron chi connectivity index (χ3n) is 1.37. The summed E-state index contributed by atoms with van der Waals surface area (Å²) in [5.74, 6) is 0. The lowest BCUT2D eigenvalue weighted by Crippen LogP contribution is -2.05. The highest BCUT2D eigenvalue weighted by atomic mass is 79.9. The van der Waals surface area contributed by atoms with Gasteiger partial charge in [-0.25, -0.2) is 0 Å². The fourth-order valence-electron chi connectivity index (χ4n) is 0.869. The zero-order valence-electron chi connectivity index (χ0n) is 6.20. The molecule has 0 radical (unpaired) electrons. The highest BCUT2D eigenvalue weighted by molar-refractivity contribution is 9.10. The first-order valence-electron chi connectivity index (χ1n) is 3.32. The van der Waals surface area contributed by atoms with Crippen molar-refractivity contribution in [3.63, 3.8) is 0 Å². The van der Waals surface area contributed by atoms with Gasteiger partial charge in [-0.2, -0.15) is 0 Å². The fraction of sp³-hybridized carbons (Fsp3) is 0.250. The van der Waals surface area contributed by atoms with E-state index in [-0.39, 0.29) is 0 Å². The van der Waals surface area contributed by atoms with Crippen LogP contribution in [0.15, 0.2) is 22.7 Å². The van der Waals surface area contributed by atoms with Crippen LogP contribution in [0.3, 0.4) is 0 Å². The summed E-state index contributed by atoms with van der Waals surface area (Å²) in [6.07, 6.45) is 0. The van der Waals surface area contributed by atoms with E-state index in [0.29, 0.717) is 0 Å². The topological polar surface area (TPSA) is 12.0 Å². The van der Waals surface area contributed by atoms with Crippen molar-refractivity contribution in [2.75, 3.05) is 7.05 Å². The molecule has 0 aliphatic rings. The molecule has 0 unspecified atom stereocenters. The molecule has 1 N–H and O–H groups in total.